The Hall–Kier alpha value is -1.06. The Labute approximate surface area is 115 Å². The molecular formula is C11H16F3NO4S. The highest BCUT2D eigenvalue weighted by molar-refractivity contribution is 7.89. The summed E-state index contributed by atoms with van der Waals surface area (Å²) in [4.78, 5) is -0.262. The second-order valence-corrected chi connectivity index (χ2v) is 6.35. The minimum atomic E-state index is -4.44. The van der Waals surface area contributed by atoms with Crippen LogP contribution in [-0.2, 0) is 16.6 Å². The molecule has 0 radical (unpaired) electrons. The van der Waals surface area contributed by atoms with Gasteiger partial charge in [0.2, 0.25) is 10.0 Å². The maximum atomic E-state index is 12.3. The van der Waals surface area contributed by atoms with Gasteiger partial charge in [-0.05, 0) is 13.8 Å². The molecule has 0 aliphatic carbocycles. The molecule has 0 spiro atoms. The third-order valence-electron chi connectivity index (χ3n) is 2.86. The highest BCUT2D eigenvalue weighted by Gasteiger charge is 2.33. The molecule has 116 valence electrons. The van der Waals surface area contributed by atoms with Crippen molar-refractivity contribution in [2.45, 2.75) is 37.9 Å². The Morgan fingerprint density at radius 3 is 2.25 bits per heavy atom. The van der Waals surface area contributed by atoms with E-state index in [0.717, 1.165) is 7.05 Å². The van der Waals surface area contributed by atoms with Crippen molar-refractivity contribution in [2.75, 3.05) is 13.6 Å². The largest absolute Gasteiger partial charge is 0.465 e. The second-order valence-electron chi connectivity index (χ2n) is 4.37. The van der Waals surface area contributed by atoms with E-state index in [0.29, 0.717) is 4.31 Å². The number of hydrogen-bond donors (Lipinski definition) is 1. The molecule has 0 saturated heterocycles. The van der Waals surface area contributed by atoms with E-state index in [1.807, 2.05) is 0 Å². The zero-order valence-corrected chi connectivity index (χ0v) is 12.1. The van der Waals surface area contributed by atoms with Crippen molar-refractivity contribution in [3.05, 3.63) is 17.1 Å². The van der Waals surface area contributed by atoms with Crippen LogP contribution in [-0.4, -0.2) is 37.6 Å². The monoisotopic (exact) mass is 315 g/mol. The van der Waals surface area contributed by atoms with Gasteiger partial charge >= 0.3 is 6.18 Å². The van der Waals surface area contributed by atoms with Crippen LogP contribution in [0.25, 0.3) is 0 Å². The summed E-state index contributed by atoms with van der Waals surface area (Å²) < 4.78 is 66.7. The molecule has 0 atom stereocenters. The second kappa shape index (κ2) is 5.74. The van der Waals surface area contributed by atoms with Crippen molar-refractivity contribution in [3.63, 3.8) is 0 Å². The predicted octanol–water partition coefficient (Wildman–Crippen LogP) is 1.96. The predicted molar refractivity (Wildman–Crippen MR) is 64.6 cm³/mol. The van der Waals surface area contributed by atoms with Crippen molar-refractivity contribution in [1.29, 1.82) is 0 Å². The fourth-order valence-corrected chi connectivity index (χ4v) is 3.36. The molecule has 1 aromatic heterocycles. The summed E-state index contributed by atoms with van der Waals surface area (Å²) in [5, 5.41) is 9.19. The number of aliphatic hydroxyl groups is 1. The fourth-order valence-electron chi connectivity index (χ4n) is 1.79. The van der Waals surface area contributed by atoms with Crippen molar-refractivity contribution in [1.82, 2.24) is 4.31 Å². The van der Waals surface area contributed by atoms with E-state index in [2.05, 4.69) is 0 Å². The summed E-state index contributed by atoms with van der Waals surface area (Å²) in [6.07, 6.45) is -5.68. The van der Waals surface area contributed by atoms with Crippen molar-refractivity contribution >= 4 is 10.0 Å². The molecule has 0 aromatic carbocycles. The maximum Gasteiger partial charge on any atom is 0.390 e. The molecule has 20 heavy (non-hydrogen) atoms. The number of rotatable bonds is 5. The van der Waals surface area contributed by atoms with Gasteiger partial charge in [0.25, 0.3) is 0 Å². The molecule has 0 saturated carbocycles. The van der Waals surface area contributed by atoms with E-state index in [1.54, 1.807) is 0 Å². The molecule has 9 heteroatoms. The van der Waals surface area contributed by atoms with Gasteiger partial charge in [-0.15, -0.1) is 0 Å². The van der Waals surface area contributed by atoms with Gasteiger partial charge in [0.15, 0.2) is 0 Å². The van der Waals surface area contributed by atoms with Crippen LogP contribution in [0.1, 0.15) is 23.5 Å². The molecule has 1 aromatic rings. The number of sulfonamides is 1. The molecule has 0 bridgehead atoms. The first-order valence-electron chi connectivity index (χ1n) is 5.73. The third kappa shape index (κ3) is 3.53. The first kappa shape index (κ1) is 17.0. The topological polar surface area (TPSA) is 70.8 Å². The van der Waals surface area contributed by atoms with Crippen LogP contribution in [0.2, 0.25) is 0 Å². The number of halogens is 3. The SMILES string of the molecule is Cc1oc(C)c(S(=O)(=O)N(C)CCC(F)(F)F)c1CO. The highest BCUT2D eigenvalue weighted by Crippen LogP contribution is 2.29. The Kier molecular flexibility index (Phi) is 4.88. The average Bonchev–Trinajstić information content (AvgIpc) is 2.59. The van der Waals surface area contributed by atoms with Crippen LogP contribution in [0, 0.1) is 13.8 Å². The van der Waals surface area contributed by atoms with Gasteiger partial charge < -0.3 is 9.52 Å². The zero-order valence-electron chi connectivity index (χ0n) is 11.3. The molecule has 1 heterocycles. The van der Waals surface area contributed by atoms with Gasteiger partial charge in [-0.3, -0.25) is 0 Å². The van der Waals surface area contributed by atoms with Crippen LogP contribution in [0.5, 0.6) is 0 Å². The first-order chi connectivity index (χ1) is 9.00. The molecule has 0 amide bonds. The van der Waals surface area contributed by atoms with Gasteiger partial charge in [-0.25, -0.2) is 12.7 Å². The number of furan rings is 1. The number of nitrogens with zero attached hydrogens (tertiary/aromatic N) is 1. The van der Waals surface area contributed by atoms with E-state index >= 15 is 0 Å². The molecular weight excluding hydrogens is 299 g/mol. The number of alkyl halides is 3. The maximum absolute atomic E-state index is 12.3. The summed E-state index contributed by atoms with van der Waals surface area (Å²) in [7, 11) is -3.07. The number of aliphatic hydroxyl groups excluding tert-OH is 1. The molecule has 1 N–H and O–H groups in total. The van der Waals surface area contributed by atoms with E-state index in [4.69, 9.17) is 4.42 Å². The van der Waals surface area contributed by atoms with Crippen molar-refractivity contribution < 1.29 is 31.1 Å². The van der Waals surface area contributed by atoms with Gasteiger partial charge in [0.05, 0.1) is 13.0 Å². The molecule has 0 unspecified atom stereocenters. The lowest BCUT2D eigenvalue weighted by atomic mass is 10.2. The van der Waals surface area contributed by atoms with Gasteiger partial charge in [-0.2, -0.15) is 13.2 Å². The van der Waals surface area contributed by atoms with E-state index in [-0.39, 0.29) is 22.0 Å². The van der Waals surface area contributed by atoms with Crippen molar-refractivity contribution in [2.24, 2.45) is 0 Å². The summed E-state index contributed by atoms with van der Waals surface area (Å²) in [5.74, 6) is 0.276. The number of aryl methyl sites for hydroxylation is 2. The lowest BCUT2D eigenvalue weighted by Crippen LogP contribution is -2.31. The van der Waals surface area contributed by atoms with Gasteiger partial charge in [0, 0.05) is 19.2 Å². The number of hydrogen-bond acceptors (Lipinski definition) is 4. The smallest absolute Gasteiger partial charge is 0.390 e. The quantitative estimate of drug-likeness (QED) is 0.902. The van der Waals surface area contributed by atoms with Crippen LogP contribution in [0.4, 0.5) is 13.2 Å². The van der Waals surface area contributed by atoms with E-state index in [1.165, 1.54) is 13.8 Å². The summed E-state index contributed by atoms with van der Waals surface area (Å²) in [6, 6.07) is 0. The Balaban J connectivity index is 3.11. The normalized spacial score (nSPS) is 13.2. The van der Waals surface area contributed by atoms with Crippen LogP contribution in [0.3, 0.4) is 0 Å². The van der Waals surface area contributed by atoms with Crippen molar-refractivity contribution in [3.8, 4) is 0 Å². The van der Waals surface area contributed by atoms with Gasteiger partial charge in [-0.1, -0.05) is 0 Å². The van der Waals surface area contributed by atoms with Gasteiger partial charge in [0.1, 0.15) is 16.4 Å². The van der Waals surface area contributed by atoms with Crippen LogP contribution in [0.15, 0.2) is 9.31 Å². The molecule has 5 nitrogen and oxygen atoms in total. The average molecular weight is 315 g/mol. The summed E-state index contributed by atoms with van der Waals surface area (Å²) in [5.41, 5.74) is 0.0707. The first-order valence-corrected chi connectivity index (χ1v) is 7.17. The van der Waals surface area contributed by atoms with E-state index in [9.17, 15) is 26.7 Å². The molecule has 1 rings (SSSR count). The third-order valence-corrected chi connectivity index (χ3v) is 4.91. The summed E-state index contributed by atoms with van der Waals surface area (Å²) >= 11 is 0. The molecule has 0 aliphatic rings. The van der Waals surface area contributed by atoms with Crippen LogP contribution < -0.4 is 0 Å². The molecule has 0 aliphatic heterocycles. The lowest BCUT2D eigenvalue weighted by molar-refractivity contribution is -0.135. The highest BCUT2D eigenvalue weighted by atomic mass is 32.2. The Morgan fingerprint density at radius 1 is 1.25 bits per heavy atom. The zero-order chi connectivity index (χ0) is 15.7. The fraction of sp³-hybridized carbons (Fsp3) is 0.636. The minimum absolute atomic E-state index is 0.0467. The van der Waals surface area contributed by atoms with E-state index < -0.39 is 35.8 Å². The standard InChI is InChI=1S/C11H16F3NO4S/c1-7-9(6-16)10(8(2)19-7)20(17,18)15(3)5-4-11(12,13)14/h16H,4-6H2,1-3H3. The Bertz CT molecular complexity index is 577. The minimum Gasteiger partial charge on any atom is -0.465 e. The van der Waals surface area contributed by atoms with Crippen LogP contribution >= 0.6 is 0 Å². The lowest BCUT2D eigenvalue weighted by Gasteiger charge is -2.18. The molecule has 0 fully saturated rings. The Morgan fingerprint density at radius 2 is 1.80 bits per heavy atom. The summed E-state index contributed by atoms with van der Waals surface area (Å²) in [6.45, 7) is 1.61.